The molecule has 260 valence electrons. The van der Waals surface area contributed by atoms with E-state index in [9.17, 15) is 25.2 Å². The molecule has 5 N–H and O–H groups in total. The Balaban J connectivity index is 1.16. The van der Waals surface area contributed by atoms with Gasteiger partial charge < -0.3 is 35.2 Å². The molecule has 48 heavy (non-hydrogen) atoms. The van der Waals surface area contributed by atoms with Crippen LogP contribution >= 0.6 is 11.6 Å². The number of carbonyl (C=O) groups excluding carboxylic acids is 1. The Morgan fingerprint density at radius 2 is 1.77 bits per heavy atom. The van der Waals surface area contributed by atoms with E-state index in [1.165, 1.54) is 28.6 Å². The minimum atomic E-state index is -1.73. The van der Waals surface area contributed by atoms with Gasteiger partial charge in [-0.25, -0.2) is 0 Å². The normalized spacial score (nSPS) is 18.4. The lowest BCUT2D eigenvalue weighted by Crippen LogP contribution is -2.49. The number of nitrogens with zero attached hydrogens (tertiary/aromatic N) is 2. The molecular weight excluding hydrogens is 632 g/mol. The number of aliphatic hydroxyl groups is 5. The molecule has 5 atom stereocenters. The summed E-state index contributed by atoms with van der Waals surface area (Å²) < 4.78 is 6.27. The van der Waals surface area contributed by atoms with E-state index in [2.05, 4.69) is 48.3 Å². The van der Waals surface area contributed by atoms with Crippen molar-refractivity contribution in [1.29, 1.82) is 0 Å². The van der Waals surface area contributed by atoms with E-state index in [-0.39, 0.29) is 30.2 Å². The van der Waals surface area contributed by atoms with Crippen molar-refractivity contribution < 1.29 is 35.1 Å². The highest BCUT2D eigenvalue weighted by Gasteiger charge is 2.45. The average Bonchev–Trinajstić information content (AvgIpc) is 4.04. The van der Waals surface area contributed by atoms with E-state index < -0.39 is 31.0 Å². The molecule has 3 aromatic rings. The summed E-state index contributed by atoms with van der Waals surface area (Å²) in [6.07, 6.45) is 5.63. The molecule has 2 aliphatic carbocycles. The lowest BCUT2D eigenvalue weighted by atomic mass is 9.84. The van der Waals surface area contributed by atoms with Gasteiger partial charge in [0.2, 0.25) is 5.91 Å². The van der Waals surface area contributed by atoms with Gasteiger partial charge in [-0.2, -0.15) is 0 Å². The van der Waals surface area contributed by atoms with Crippen LogP contribution in [0.1, 0.15) is 80.9 Å². The van der Waals surface area contributed by atoms with E-state index in [1.54, 1.807) is 0 Å². The number of amides is 1. The molecule has 1 amide bonds. The summed E-state index contributed by atoms with van der Waals surface area (Å²) in [6, 6.07) is 16.6. The summed E-state index contributed by atoms with van der Waals surface area (Å²) in [4.78, 5) is 18.6. The predicted molar refractivity (Wildman–Crippen MR) is 185 cm³/mol. The molecule has 2 aromatic carbocycles. The molecule has 0 bridgehead atoms. The Labute approximate surface area is 288 Å². The minimum Gasteiger partial charge on any atom is -0.490 e. The molecule has 0 spiro atoms. The van der Waals surface area contributed by atoms with Crippen molar-refractivity contribution >= 4 is 17.5 Å². The number of hydrogen-bond donors (Lipinski definition) is 5. The van der Waals surface area contributed by atoms with Crippen LogP contribution in [0.4, 0.5) is 0 Å². The van der Waals surface area contributed by atoms with Gasteiger partial charge >= 0.3 is 0 Å². The summed E-state index contributed by atoms with van der Waals surface area (Å²) in [5.41, 5.74) is 5.92. The van der Waals surface area contributed by atoms with Crippen LogP contribution in [0.5, 0.6) is 5.75 Å². The topological polar surface area (TPSA) is 144 Å². The quantitative estimate of drug-likeness (QED) is 0.129. The Kier molecular flexibility index (Phi) is 12.2. The van der Waals surface area contributed by atoms with Crippen LogP contribution in [0.15, 0.2) is 60.9 Å². The van der Waals surface area contributed by atoms with Crippen LogP contribution in [0.25, 0.3) is 11.1 Å². The maximum absolute atomic E-state index is 12.7. The molecule has 1 heterocycles. The van der Waals surface area contributed by atoms with Crippen LogP contribution in [-0.2, 0) is 16.6 Å². The van der Waals surface area contributed by atoms with E-state index in [1.807, 2.05) is 24.5 Å². The highest BCUT2D eigenvalue weighted by molar-refractivity contribution is 6.31. The fourth-order valence-electron chi connectivity index (χ4n) is 6.45. The number of pyridine rings is 1. The molecule has 2 fully saturated rings. The van der Waals surface area contributed by atoms with Crippen molar-refractivity contribution in [3.63, 3.8) is 0 Å². The smallest absolute Gasteiger partial charge is 0.222 e. The standard InChI is InChI=1S/C38H49ClN2O7/c1-24(6-5-9-35(45)41(2)22-32(43)36(46)37(47)33(44)23-42)25-10-13-31(39)26(20-25)14-16-38(17-18-38)30-21-40-19-15-28(30)29-7-3-4-8-34(29)48-27-11-12-27/h3-4,7-8,10,13,15,19-21,24,27,32-33,36-37,42-44,46-47H,5-6,9,11-12,14,16-18,22-23H2,1-2H3/t24-,32+,33-,36-,37-/m1/s1. The zero-order valence-corrected chi connectivity index (χ0v) is 28.6. The lowest BCUT2D eigenvalue weighted by Gasteiger charge is -2.28. The number of para-hydroxylation sites is 1. The first-order valence-corrected chi connectivity index (χ1v) is 17.5. The first kappa shape index (κ1) is 36.2. The Morgan fingerprint density at radius 3 is 2.48 bits per heavy atom. The van der Waals surface area contributed by atoms with Crippen LogP contribution in [0.3, 0.4) is 0 Å². The zero-order chi connectivity index (χ0) is 34.4. The fourth-order valence-corrected chi connectivity index (χ4v) is 6.66. The number of aromatic nitrogens is 1. The SMILES string of the molecule is C[C@H](CCCC(=O)N(C)C[C@H](O)[C@@H](O)[C@H](O)[C@H](O)CO)c1ccc(Cl)c(CCC2(c3cnccc3-c3ccccc3OC3CC3)CC2)c1. The summed E-state index contributed by atoms with van der Waals surface area (Å²) in [6.45, 7) is 1.17. The highest BCUT2D eigenvalue weighted by Crippen LogP contribution is 2.55. The number of hydrogen-bond acceptors (Lipinski definition) is 8. The van der Waals surface area contributed by atoms with Crippen LogP contribution in [0, 0.1) is 0 Å². The lowest BCUT2D eigenvalue weighted by molar-refractivity contribution is -0.138. The number of benzene rings is 2. The van der Waals surface area contributed by atoms with Crippen LogP contribution in [0.2, 0.25) is 5.02 Å². The maximum Gasteiger partial charge on any atom is 0.222 e. The van der Waals surface area contributed by atoms with E-state index in [4.69, 9.17) is 21.4 Å². The van der Waals surface area contributed by atoms with Crippen molar-refractivity contribution in [1.82, 2.24) is 9.88 Å². The molecule has 2 aliphatic rings. The van der Waals surface area contributed by atoms with Crippen molar-refractivity contribution in [2.45, 2.75) is 107 Å². The third kappa shape index (κ3) is 8.94. The molecule has 0 saturated heterocycles. The number of aliphatic hydroxyl groups excluding tert-OH is 5. The second-order valence-corrected chi connectivity index (χ2v) is 14.1. The van der Waals surface area contributed by atoms with E-state index >= 15 is 0 Å². The highest BCUT2D eigenvalue weighted by atomic mass is 35.5. The summed E-state index contributed by atoms with van der Waals surface area (Å²) >= 11 is 6.73. The van der Waals surface area contributed by atoms with Gasteiger partial charge in [-0.1, -0.05) is 48.9 Å². The summed E-state index contributed by atoms with van der Waals surface area (Å²) in [7, 11) is 1.52. The van der Waals surface area contributed by atoms with Crippen molar-refractivity contribution in [3.8, 4) is 16.9 Å². The first-order valence-electron chi connectivity index (χ1n) is 17.1. The van der Waals surface area contributed by atoms with Gasteiger partial charge in [0.15, 0.2) is 0 Å². The van der Waals surface area contributed by atoms with E-state index in [0.29, 0.717) is 12.5 Å². The Hall–Kier alpha value is -3.05. The Bertz CT molecular complexity index is 1530. The van der Waals surface area contributed by atoms with Crippen LogP contribution < -0.4 is 4.74 Å². The van der Waals surface area contributed by atoms with Gasteiger partial charge in [0.05, 0.1) is 12.7 Å². The van der Waals surface area contributed by atoms with Crippen molar-refractivity contribution in [2.24, 2.45) is 0 Å². The number of carbonyl (C=O) groups is 1. The largest absolute Gasteiger partial charge is 0.490 e. The van der Waals surface area contributed by atoms with Gasteiger partial charge in [-0.05, 0) is 103 Å². The van der Waals surface area contributed by atoms with Gasteiger partial charge in [0, 0.05) is 43.0 Å². The summed E-state index contributed by atoms with van der Waals surface area (Å²) in [5.74, 6) is 0.936. The fraction of sp³-hybridized carbons (Fsp3) is 0.526. The number of halogens is 1. The molecule has 2 saturated carbocycles. The van der Waals surface area contributed by atoms with E-state index in [0.717, 1.165) is 66.8 Å². The van der Waals surface area contributed by atoms with Gasteiger partial charge in [-0.3, -0.25) is 9.78 Å². The van der Waals surface area contributed by atoms with Crippen LogP contribution in [-0.4, -0.2) is 92.0 Å². The maximum atomic E-state index is 12.7. The van der Waals surface area contributed by atoms with Gasteiger partial charge in [-0.15, -0.1) is 0 Å². The minimum absolute atomic E-state index is 0.0496. The molecule has 0 radical (unpaired) electrons. The van der Waals surface area contributed by atoms with Crippen molar-refractivity contribution in [3.05, 3.63) is 82.6 Å². The van der Waals surface area contributed by atoms with Crippen molar-refractivity contribution in [2.75, 3.05) is 20.2 Å². The second-order valence-electron chi connectivity index (χ2n) is 13.7. The van der Waals surface area contributed by atoms with Gasteiger partial charge in [0.1, 0.15) is 30.2 Å². The molecule has 9 nitrogen and oxygen atoms in total. The second kappa shape index (κ2) is 16.1. The summed E-state index contributed by atoms with van der Waals surface area (Å²) in [5, 5.41) is 49.3. The molecule has 10 heteroatoms. The third-order valence-corrected chi connectivity index (χ3v) is 10.4. The number of likely N-dealkylation sites (N-methyl/N-ethyl adjacent to an activating group) is 1. The third-order valence-electron chi connectivity index (χ3n) is 9.99. The Morgan fingerprint density at radius 1 is 1.04 bits per heavy atom. The number of ether oxygens (including phenoxy) is 1. The van der Waals surface area contributed by atoms with Gasteiger partial charge in [0.25, 0.3) is 0 Å². The number of rotatable bonds is 18. The molecule has 0 aliphatic heterocycles. The monoisotopic (exact) mass is 680 g/mol. The number of aryl methyl sites for hydroxylation is 1. The predicted octanol–water partition coefficient (Wildman–Crippen LogP) is 4.78. The molecule has 5 rings (SSSR count). The molecule has 1 aromatic heterocycles. The molecule has 0 unspecified atom stereocenters. The first-order chi connectivity index (χ1) is 23.0. The zero-order valence-electron chi connectivity index (χ0n) is 27.8. The average molecular weight is 681 g/mol. The molecular formula is C38H49ClN2O7.